The van der Waals surface area contributed by atoms with E-state index in [-0.39, 0.29) is 6.04 Å². The molecule has 0 aromatic heterocycles. The molecule has 3 heteroatoms. The number of amides is 1. The van der Waals surface area contributed by atoms with Gasteiger partial charge < -0.3 is 10.2 Å². The Balaban J connectivity index is 2.47. The topological polar surface area (TPSA) is 32.3 Å². The van der Waals surface area contributed by atoms with E-state index in [0.29, 0.717) is 11.8 Å². The van der Waals surface area contributed by atoms with Crippen LogP contribution in [0.25, 0.3) is 0 Å². The van der Waals surface area contributed by atoms with Crippen molar-refractivity contribution < 1.29 is 4.79 Å². The number of carbonyl (C=O) groups is 1. The molecular formula is C16H32N2O. The third-order valence-electron chi connectivity index (χ3n) is 4.17. The average molecular weight is 268 g/mol. The first-order valence-corrected chi connectivity index (χ1v) is 8.22. The maximum absolute atomic E-state index is 12.6. The third-order valence-corrected chi connectivity index (χ3v) is 4.17. The first-order valence-electron chi connectivity index (χ1n) is 8.22. The van der Waals surface area contributed by atoms with Gasteiger partial charge in [-0.1, -0.05) is 46.5 Å². The van der Waals surface area contributed by atoms with Gasteiger partial charge in [0.05, 0.1) is 6.04 Å². The summed E-state index contributed by atoms with van der Waals surface area (Å²) in [6.45, 7) is 9.50. The number of hydrogen-bond acceptors (Lipinski definition) is 2. The predicted molar refractivity (Wildman–Crippen MR) is 81.2 cm³/mol. The van der Waals surface area contributed by atoms with Crippen LogP contribution in [0.5, 0.6) is 0 Å². The van der Waals surface area contributed by atoms with E-state index in [0.717, 1.165) is 38.9 Å². The van der Waals surface area contributed by atoms with E-state index in [9.17, 15) is 4.79 Å². The van der Waals surface area contributed by atoms with E-state index in [4.69, 9.17) is 0 Å². The Labute approximate surface area is 119 Å². The van der Waals surface area contributed by atoms with E-state index in [2.05, 4.69) is 31.0 Å². The van der Waals surface area contributed by atoms with Crippen LogP contribution in [0, 0.1) is 5.92 Å². The molecule has 1 rings (SSSR count). The molecule has 1 fully saturated rings. The highest BCUT2D eigenvalue weighted by Crippen LogP contribution is 2.17. The quantitative estimate of drug-likeness (QED) is 0.651. The predicted octanol–water partition coefficient (Wildman–Crippen LogP) is 3.19. The maximum Gasteiger partial charge on any atom is 0.239 e. The Morgan fingerprint density at radius 1 is 1.11 bits per heavy atom. The SMILES string of the molecule is CCCCCN(CCCCC)C(=O)C1NCCC1C. The van der Waals surface area contributed by atoms with Crippen molar-refractivity contribution in [3.63, 3.8) is 0 Å². The molecule has 1 amide bonds. The zero-order valence-electron chi connectivity index (χ0n) is 13.1. The van der Waals surface area contributed by atoms with E-state index >= 15 is 0 Å². The van der Waals surface area contributed by atoms with Crippen molar-refractivity contribution in [1.29, 1.82) is 0 Å². The number of nitrogens with zero attached hydrogens (tertiary/aromatic N) is 1. The van der Waals surface area contributed by atoms with Crippen molar-refractivity contribution >= 4 is 5.91 Å². The van der Waals surface area contributed by atoms with Crippen LogP contribution in [0.2, 0.25) is 0 Å². The molecule has 1 aliphatic heterocycles. The second-order valence-electron chi connectivity index (χ2n) is 5.94. The smallest absolute Gasteiger partial charge is 0.239 e. The van der Waals surface area contributed by atoms with Gasteiger partial charge in [0.15, 0.2) is 0 Å². The van der Waals surface area contributed by atoms with Crippen molar-refractivity contribution in [1.82, 2.24) is 10.2 Å². The minimum absolute atomic E-state index is 0.0725. The Morgan fingerprint density at radius 2 is 1.68 bits per heavy atom. The summed E-state index contributed by atoms with van der Waals surface area (Å²) in [5.74, 6) is 0.838. The van der Waals surface area contributed by atoms with Crippen molar-refractivity contribution in [2.45, 2.75) is 71.8 Å². The standard InChI is InChI=1S/C16H32N2O/c1-4-6-8-12-18(13-9-7-5-2)16(19)15-14(3)10-11-17-15/h14-15,17H,4-13H2,1-3H3. The van der Waals surface area contributed by atoms with Gasteiger partial charge in [-0.2, -0.15) is 0 Å². The van der Waals surface area contributed by atoms with Crippen LogP contribution in [0.1, 0.15) is 65.7 Å². The molecule has 3 nitrogen and oxygen atoms in total. The fourth-order valence-corrected chi connectivity index (χ4v) is 2.80. The molecule has 0 aliphatic carbocycles. The highest BCUT2D eigenvalue weighted by atomic mass is 16.2. The van der Waals surface area contributed by atoms with Gasteiger partial charge in [-0.05, 0) is 31.7 Å². The fourth-order valence-electron chi connectivity index (χ4n) is 2.80. The summed E-state index contributed by atoms with van der Waals surface area (Å²) in [5, 5.41) is 3.38. The first kappa shape index (κ1) is 16.5. The second kappa shape index (κ2) is 9.35. The molecule has 1 N–H and O–H groups in total. The molecule has 0 aromatic rings. The van der Waals surface area contributed by atoms with Crippen LogP contribution in [-0.2, 0) is 4.79 Å². The van der Waals surface area contributed by atoms with Crippen molar-refractivity contribution in [2.75, 3.05) is 19.6 Å². The molecule has 112 valence electrons. The number of unbranched alkanes of at least 4 members (excludes halogenated alkanes) is 4. The molecule has 2 atom stereocenters. The summed E-state index contributed by atoms with van der Waals surface area (Å²) in [6, 6.07) is 0.0725. The lowest BCUT2D eigenvalue weighted by atomic mass is 10.0. The van der Waals surface area contributed by atoms with Crippen LogP contribution in [-0.4, -0.2) is 36.5 Å². The molecule has 0 saturated carbocycles. The van der Waals surface area contributed by atoms with Crippen molar-refractivity contribution in [3.05, 3.63) is 0 Å². The molecule has 1 aliphatic rings. The normalized spacial score (nSPS) is 22.7. The summed E-state index contributed by atoms with van der Waals surface area (Å²) in [4.78, 5) is 14.7. The second-order valence-corrected chi connectivity index (χ2v) is 5.94. The number of rotatable bonds is 9. The highest BCUT2D eigenvalue weighted by Gasteiger charge is 2.32. The molecule has 1 heterocycles. The molecule has 2 unspecified atom stereocenters. The summed E-state index contributed by atoms with van der Waals surface area (Å²) in [6.07, 6.45) is 8.32. The van der Waals surface area contributed by atoms with E-state index in [1.807, 2.05) is 0 Å². The molecule has 0 aromatic carbocycles. The number of carbonyl (C=O) groups excluding carboxylic acids is 1. The zero-order valence-corrected chi connectivity index (χ0v) is 13.1. The highest BCUT2D eigenvalue weighted by molar-refractivity contribution is 5.82. The van der Waals surface area contributed by atoms with Crippen molar-refractivity contribution in [2.24, 2.45) is 5.92 Å². The van der Waals surface area contributed by atoms with Gasteiger partial charge in [-0.3, -0.25) is 4.79 Å². The van der Waals surface area contributed by atoms with Gasteiger partial charge in [-0.25, -0.2) is 0 Å². The lowest BCUT2D eigenvalue weighted by Gasteiger charge is -2.27. The number of nitrogens with one attached hydrogen (secondary N) is 1. The first-order chi connectivity index (χ1) is 9.20. The average Bonchev–Trinajstić information content (AvgIpc) is 2.83. The van der Waals surface area contributed by atoms with Gasteiger partial charge >= 0.3 is 0 Å². The number of hydrogen-bond donors (Lipinski definition) is 1. The lowest BCUT2D eigenvalue weighted by Crippen LogP contribution is -2.46. The Kier molecular flexibility index (Phi) is 8.11. The molecule has 1 saturated heterocycles. The molecule has 0 bridgehead atoms. The van der Waals surface area contributed by atoms with Crippen molar-refractivity contribution in [3.8, 4) is 0 Å². The fraction of sp³-hybridized carbons (Fsp3) is 0.938. The van der Waals surface area contributed by atoms with Gasteiger partial charge in [-0.15, -0.1) is 0 Å². The molecule has 0 spiro atoms. The zero-order chi connectivity index (χ0) is 14.1. The van der Waals surface area contributed by atoms with Gasteiger partial charge in [0.25, 0.3) is 0 Å². The van der Waals surface area contributed by atoms with E-state index < -0.39 is 0 Å². The lowest BCUT2D eigenvalue weighted by molar-refractivity contribution is -0.134. The van der Waals surface area contributed by atoms with Crippen LogP contribution >= 0.6 is 0 Å². The summed E-state index contributed by atoms with van der Waals surface area (Å²) in [7, 11) is 0. The Morgan fingerprint density at radius 3 is 2.11 bits per heavy atom. The van der Waals surface area contributed by atoms with Crippen LogP contribution in [0.3, 0.4) is 0 Å². The summed E-state index contributed by atoms with van der Waals surface area (Å²) < 4.78 is 0. The van der Waals surface area contributed by atoms with Crippen LogP contribution in [0.15, 0.2) is 0 Å². The van der Waals surface area contributed by atoms with Gasteiger partial charge in [0, 0.05) is 13.1 Å². The van der Waals surface area contributed by atoms with Gasteiger partial charge in [0.2, 0.25) is 5.91 Å². The molecule has 0 radical (unpaired) electrons. The summed E-state index contributed by atoms with van der Waals surface area (Å²) in [5.41, 5.74) is 0. The van der Waals surface area contributed by atoms with Crippen LogP contribution < -0.4 is 5.32 Å². The minimum atomic E-state index is 0.0725. The molecule has 19 heavy (non-hydrogen) atoms. The Hall–Kier alpha value is -0.570. The minimum Gasteiger partial charge on any atom is -0.341 e. The summed E-state index contributed by atoms with van der Waals surface area (Å²) >= 11 is 0. The van der Waals surface area contributed by atoms with Gasteiger partial charge in [0.1, 0.15) is 0 Å². The van der Waals surface area contributed by atoms with E-state index in [1.165, 1.54) is 25.7 Å². The Bertz CT molecular complexity index is 245. The molecular weight excluding hydrogens is 236 g/mol. The van der Waals surface area contributed by atoms with E-state index in [1.54, 1.807) is 0 Å². The van der Waals surface area contributed by atoms with Crippen LogP contribution in [0.4, 0.5) is 0 Å². The largest absolute Gasteiger partial charge is 0.341 e. The third kappa shape index (κ3) is 5.52. The maximum atomic E-state index is 12.6. The monoisotopic (exact) mass is 268 g/mol.